The number of carbonyl (C=O) groups excluding carboxylic acids is 1. The second-order valence-electron chi connectivity index (χ2n) is 4.49. The van der Waals surface area contributed by atoms with Crippen LogP contribution in [0.25, 0.3) is 0 Å². The molecule has 0 aromatic heterocycles. The SMILES string of the molecule is CNC(=O)NCCc1ccc(OC)c(C(C)C)c1. The molecule has 0 aliphatic heterocycles. The first-order chi connectivity index (χ1) is 8.58. The highest BCUT2D eigenvalue weighted by Gasteiger charge is 2.08. The highest BCUT2D eigenvalue weighted by atomic mass is 16.5. The molecule has 0 spiro atoms. The van der Waals surface area contributed by atoms with Gasteiger partial charge in [0.1, 0.15) is 5.75 Å². The van der Waals surface area contributed by atoms with Crippen LogP contribution in [0.5, 0.6) is 5.75 Å². The number of benzene rings is 1. The van der Waals surface area contributed by atoms with Crippen LogP contribution in [0, 0.1) is 0 Å². The van der Waals surface area contributed by atoms with Gasteiger partial charge in [-0.25, -0.2) is 4.79 Å². The summed E-state index contributed by atoms with van der Waals surface area (Å²) < 4.78 is 5.34. The molecule has 0 fully saturated rings. The molecular weight excluding hydrogens is 228 g/mol. The van der Waals surface area contributed by atoms with E-state index in [0.717, 1.165) is 12.2 Å². The van der Waals surface area contributed by atoms with Crippen molar-refractivity contribution in [1.29, 1.82) is 0 Å². The first-order valence-corrected chi connectivity index (χ1v) is 6.21. The molecule has 2 amide bonds. The Hall–Kier alpha value is -1.71. The zero-order chi connectivity index (χ0) is 13.5. The molecule has 100 valence electrons. The first-order valence-electron chi connectivity index (χ1n) is 6.21. The van der Waals surface area contributed by atoms with Crippen molar-refractivity contribution in [2.75, 3.05) is 20.7 Å². The van der Waals surface area contributed by atoms with E-state index >= 15 is 0 Å². The molecule has 0 bridgehead atoms. The Balaban J connectivity index is 2.67. The first kappa shape index (κ1) is 14.4. The summed E-state index contributed by atoms with van der Waals surface area (Å²) in [6.45, 7) is 4.92. The van der Waals surface area contributed by atoms with Gasteiger partial charge in [-0.05, 0) is 29.5 Å². The van der Waals surface area contributed by atoms with Gasteiger partial charge in [0, 0.05) is 13.6 Å². The van der Waals surface area contributed by atoms with E-state index in [2.05, 4.69) is 30.5 Å². The Bertz CT molecular complexity index is 403. The molecule has 0 saturated heterocycles. The smallest absolute Gasteiger partial charge is 0.314 e. The molecule has 0 unspecified atom stereocenters. The minimum Gasteiger partial charge on any atom is -0.496 e. The summed E-state index contributed by atoms with van der Waals surface area (Å²) in [7, 11) is 3.30. The van der Waals surface area contributed by atoms with Crippen LogP contribution in [0.1, 0.15) is 30.9 Å². The van der Waals surface area contributed by atoms with Crippen LogP contribution in [-0.4, -0.2) is 26.7 Å². The fourth-order valence-corrected chi connectivity index (χ4v) is 1.80. The van der Waals surface area contributed by atoms with Crippen molar-refractivity contribution in [1.82, 2.24) is 10.6 Å². The van der Waals surface area contributed by atoms with Crippen LogP contribution in [0.4, 0.5) is 4.79 Å². The van der Waals surface area contributed by atoms with Crippen molar-refractivity contribution in [3.63, 3.8) is 0 Å². The predicted octanol–water partition coefficient (Wildman–Crippen LogP) is 2.29. The van der Waals surface area contributed by atoms with Crippen molar-refractivity contribution in [2.24, 2.45) is 0 Å². The Labute approximate surface area is 109 Å². The Morgan fingerprint density at radius 1 is 1.39 bits per heavy atom. The van der Waals surface area contributed by atoms with Crippen molar-refractivity contribution < 1.29 is 9.53 Å². The molecule has 4 nitrogen and oxygen atoms in total. The van der Waals surface area contributed by atoms with Crippen LogP contribution >= 0.6 is 0 Å². The molecule has 0 radical (unpaired) electrons. The number of hydrogen-bond donors (Lipinski definition) is 2. The lowest BCUT2D eigenvalue weighted by atomic mass is 9.98. The van der Waals surface area contributed by atoms with E-state index in [4.69, 9.17) is 4.74 Å². The molecule has 4 heteroatoms. The summed E-state index contributed by atoms with van der Waals surface area (Å²) >= 11 is 0. The van der Waals surface area contributed by atoms with Gasteiger partial charge in [0.25, 0.3) is 0 Å². The van der Waals surface area contributed by atoms with Gasteiger partial charge in [-0.15, -0.1) is 0 Å². The number of amides is 2. The van der Waals surface area contributed by atoms with E-state index in [1.807, 2.05) is 12.1 Å². The highest BCUT2D eigenvalue weighted by Crippen LogP contribution is 2.27. The monoisotopic (exact) mass is 250 g/mol. The van der Waals surface area contributed by atoms with Gasteiger partial charge in [0.05, 0.1) is 7.11 Å². The average Bonchev–Trinajstić information content (AvgIpc) is 2.38. The lowest BCUT2D eigenvalue weighted by Crippen LogP contribution is -2.34. The molecule has 2 N–H and O–H groups in total. The van der Waals surface area contributed by atoms with Crippen molar-refractivity contribution in [3.05, 3.63) is 29.3 Å². The highest BCUT2D eigenvalue weighted by molar-refractivity contribution is 5.73. The standard InChI is InChI=1S/C14H22N2O2/c1-10(2)12-9-11(5-6-13(12)18-4)7-8-16-14(17)15-3/h5-6,9-10H,7-8H2,1-4H3,(H2,15,16,17). The topological polar surface area (TPSA) is 50.4 Å². The maximum atomic E-state index is 11.0. The largest absolute Gasteiger partial charge is 0.496 e. The number of carbonyl (C=O) groups is 1. The lowest BCUT2D eigenvalue weighted by Gasteiger charge is -2.13. The van der Waals surface area contributed by atoms with E-state index < -0.39 is 0 Å². The van der Waals surface area contributed by atoms with E-state index in [0.29, 0.717) is 12.5 Å². The summed E-state index contributed by atoms with van der Waals surface area (Å²) in [6.07, 6.45) is 0.817. The zero-order valence-corrected chi connectivity index (χ0v) is 11.5. The normalized spacial score (nSPS) is 10.3. The quantitative estimate of drug-likeness (QED) is 0.842. The van der Waals surface area contributed by atoms with Crippen molar-refractivity contribution in [3.8, 4) is 5.75 Å². The number of methoxy groups -OCH3 is 1. The summed E-state index contributed by atoms with van der Waals surface area (Å²) in [5, 5.41) is 5.31. The predicted molar refractivity (Wildman–Crippen MR) is 73.2 cm³/mol. The lowest BCUT2D eigenvalue weighted by molar-refractivity contribution is 0.243. The average molecular weight is 250 g/mol. The van der Waals surface area contributed by atoms with Crippen LogP contribution in [0.15, 0.2) is 18.2 Å². The van der Waals surface area contributed by atoms with Gasteiger partial charge in [0.2, 0.25) is 0 Å². The van der Waals surface area contributed by atoms with E-state index in [-0.39, 0.29) is 6.03 Å². The minimum atomic E-state index is -0.146. The van der Waals surface area contributed by atoms with Crippen LogP contribution in [-0.2, 0) is 6.42 Å². The molecule has 1 aromatic rings. The van der Waals surface area contributed by atoms with Crippen LogP contribution < -0.4 is 15.4 Å². The van der Waals surface area contributed by atoms with Gasteiger partial charge in [-0.3, -0.25) is 0 Å². The Morgan fingerprint density at radius 2 is 2.11 bits per heavy atom. The summed E-state index contributed by atoms with van der Waals surface area (Å²) in [5.41, 5.74) is 2.41. The molecule has 0 aliphatic rings. The van der Waals surface area contributed by atoms with Crippen LogP contribution in [0.2, 0.25) is 0 Å². The Kier molecular flexibility index (Phi) is 5.49. The van der Waals surface area contributed by atoms with E-state index in [1.54, 1.807) is 14.2 Å². The maximum Gasteiger partial charge on any atom is 0.314 e. The number of hydrogen-bond acceptors (Lipinski definition) is 2. The molecular formula is C14H22N2O2. The summed E-state index contributed by atoms with van der Waals surface area (Å²) in [6, 6.07) is 6.03. The van der Waals surface area contributed by atoms with Gasteiger partial charge in [0.15, 0.2) is 0 Å². The van der Waals surface area contributed by atoms with Gasteiger partial charge in [-0.2, -0.15) is 0 Å². The van der Waals surface area contributed by atoms with Crippen molar-refractivity contribution in [2.45, 2.75) is 26.2 Å². The molecule has 1 rings (SSSR count). The second kappa shape index (κ2) is 6.89. The second-order valence-corrected chi connectivity index (χ2v) is 4.49. The fourth-order valence-electron chi connectivity index (χ4n) is 1.80. The third-order valence-corrected chi connectivity index (χ3v) is 2.84. The summed E-state index contributed by atoms with van der Waals surface area (Å²) in [4.78, 5) is 11.0. The van der Waals surface area contributed by atoms with E-state index in [1.165, 1.54) is 11.1 Å². The number of urea groups is 1. The van der Waals surface area contributed by atoms with Gasteiger partial charge >= 0.3 is 6.03 Å². The number of ether oxygens (including phenoxy) is 1. The van der Waals surface area contributed by atoms with Gasteiger partial charge in [-0.1, -0.05) is 26.0 Å². The van der Waals surface area contributed by atoms with Gasteiger partial charge < -0.3 is 15.4 Å². The molecule has 0 saturated carbocycles. The third kappa shape index (κ3) is 3.95. The van der Waals surface area contributed by atoms with Crippen molar-refractivity contribution >= 4 is 6.03 Å². The Morgan fingerprint density at radius 3 is 2.67 bits per heavy atom. The fraction of sp³-hybridized carbons (Fsp3) is 0.500. The molecule has 0 aliphatic carbocycles. The number of rotatable bonds is 5. The zero-order valence-electron chi connectivity index (χ0n) is 11.5. The molecule has 0 atom stereocenters. The minimum absolute atomic E-state index is 0.146. The van der Waals surface area contributed by atoms with E-state index in [9.17, 15) is 4.79 Å². The molecule has 0 heterocycles. The van der Waals surface area contributed by atoms with Crippen LogP contribution in [0.3, 0.4) is 0 Å². The summed E-state index contributed by atoms with van der Waals surface area (Å²) in [5.74, 6) is 1.35. The maximum absolute atomic E-state index is 11.0. The molecule has 18 heavy (non-hydrogen) atoms. The third-order valence-electron chi connectivity index (χ3n) is 2.84. The molecule has 1 aromatic carbocycles. The number of nitrogens with one attached hydrogen (secondary N) is 2.